The van der Waals surface area contributed by atoms with Crippen molar-refractivity contribution in [2.45, 2.75) is 118 Å². The average Bonchev–Trinajstić information content (AvgIpc) is 3.22. The monoisotopic (exact) mass is 520 g/mol. The van der Waals surface area contributed by atoms with Gasteiger partial charge in [-0.05, 0) is 98.5 Å². The predicted molar refractivity (Wildman–Crippen MR) is 155 cm³/mol. The van der Waals surface area contributed by atoms with E-state index < -0.39 is 6.10 Å². The Kier molecular flexibility index (Phi) is 7.91. The van der Waals surface area contributed by atoms with Crippen molar-refractivity contribution in [2.24, 2.45) is 46.3 Å². The number of ether oxygens (including phenoxy) is 1. The fourth-order valence-electron chi connectivity index (χ4n) is 9.76. The molecule has 0 aliphatic heterocycles. The van der Waals surface area contributed by atoms with Crippen molar-refractivity contribution in [3.8, 4) is 0 Å². The summed E-state index contributed by atoms with van der Waals surface area (Å²) in [4.78, 5) is 13.3. The molecule has 210 valence electrons. The Labute approximate surface area is 231 Å². The lowest BCUT2D eigenvalue weighted by molar-refractivity contribution is -0.113. The van der Waals surface area contributed by atoms with Gasteiger partial charge < -0.3 is 9.84 Å². The lowest BCUT2D eigenvalue weighted by atomic mass is 9.46. The van der Waals surface area contributed by atoms with Crippen LogP contribution in [0.2, 0.25) is 0 Å². The number of rotatable bonds is 7. The van der Waals surface area contributed by atoms with Gasteiger partial charge in [-0.2, -0.15) is 0 Å². The number of aliphatic hydroxyl groups excluding tert-OH is 1. The number of fused-ring (bicyclic) bond motifs is 5. The first kappa shape index (κ1) is 27.9. The third kappa shape index (κ3) is 4.91. The van der Waals surface area contributed by atoms with Crippen molar-refractivity contribution >= 4 is 5.97 Å². The first-order valence-electron chi connectivity index (χ1n) is 15.7. The van der Waals surface area contributed by atoms with Crippen LogP contribution >= 0.6 is 0 Å². The molecule has 0 aromatic heterocycles. The maximum Gasteiger partial charge on any atom is 0.338 e. The van der Waals surface area contributed by atoms with Gasteiger partial charge in [0.15, 0.2) is 0 Å². The van der Waals surface area contributed by atoms with Crippen LogP contribution in [0.4, 0.5) is 0 Å². The van der Waals surface area contributed by atoms with Gasteiger partial charge in [-0.15, -0.1) is 0 Å². The highest BCUT2D eigenvalue weighted by atomic mass is 16.5. The Balaban J connectivity index is 1.36. The number of aryl methyl sites for hydroxylation is 1. The molecule has 3 nitrogen and oxygen atoms in total. The number of carbonyl (C=O) groups excluding carboxylic acids is 1. The minimum Gasteiger partial charge on any atom is -0.458 e. The number of esters is 1. The summed E-state index contributed by atoms with van der Waals surface area (Å²) >= 11 is 0. The van der Waals surface area contributed by atoms with Crippen molar-refractivity contribution in [2.75, 3.05) is 0 Å². The van der Waals surface area contributed by atoms with Crippen molar-refractivity contribution in [1.29, 1.82) is 0 Å². The van der Waals surface area contributed by atoms with Gasteiger partial charge in [0.2, 0.25) is 0 Å². The molecule has 9 atom stereocenters. The minimum absolute atomic E-state index is 0.176. The zero-order valence-electron chi connectivity index (χ0n) is 24.8. The molecule has 0 spiro atoms. The highest BCUT2D eigenvalue weighted by molar-refractivity contribution is 5.89. The number of hydrogen-bond donors (Lipinski definition) is 1. The predicted octanol–water partition coefficient (Wildman–Crippen LogP) is 8.53. The zero-order valence-corrected chi connectivity index (χ0v) is 24.8. The first-order chi connectivity index (χ1) is 18.0. The Morgan fingerprint density at radius 1 is 1.05 bits per heavy atom. The summed E-state index contributed by atoms with van der Waals surface area (Å²) in [5.41, 5.74) is 3.35. The molecule has 1 aromatic rings. The van der Waals surface area contributed by atoms with E-state index in [4.69, 9.17) is 4.74 Å². The summed E-state index contributed by atoms with van der Waals surface area (Å²) in [7, 11) is 0. The normalized spacial score (nSPS) is 39.1. The van der Waals surface area contributed by atoms with Crippen LogP contribution in [0.5, 0.6) is 0 Å². The molecule has 0 amide bonds. The fourth-order valence-corrected chi connectivity index (χ4v) is 9.76. The molecule has 5 rings (SSSR count). The summed E-state index contributed by atoms with van der Waals surface area (Å²) < 4.78 is 6.33. The van der Waals surface area contributed by atoms with E-state index >= 15 is 0 Å². The number of allylic oxidation sites excluding steroid dienone is 1. The Morgan fingerprint density at radius 2 is 1.79 bits per heavy atom. The van der Waals surface area contributed by atoms with Gasteiger partial charge in [0, 0.05) is 11.8 Å². The maximum atomic E-state index is 13.3. The third-order valence-electron chi connectivity index (χ3n) is 11.9. The molecule has 0 radical (unpaired) electrons. The number of aliphatic hydroxyl groups is 1. The molecule has 4 aliphatic rings. The van der Waals surface area contributed by atoms with Crippen molar-refractivity contribution < 1.29 is 14.6 Å². The second kappa shape index (κ2) is 10.8. The second-order valence-electron chi connectivity index (χ2n) is 14.5. The van der Waals surface area contributed by atoms with Crippen LogP contribution in [-0.4, -0.2) is 23.3 Å². The first-order valence-corrected chi connectivity index (χ1v) is 15.7. The molecule has 4 aliphatic carbocycles. The largest absolute Gasteiger partial charge is 0.458 e. The molecule has 1 unspecified atom stereocenters. The molecule has 38 heavy (non-hydrogen) atoms. The van der Waals surface area contributed by atoms with Gasteiger partial charge in [0.25, 0.3) is 0 Å². The number of carbonyl (C=O) groups is 1. The Bertz CT molecular complexity index is 1020. The SMILES string of the molecule is Cc1ccc(C(=O)OC2C[C@H](O)CC3=CC[C@H]4[C@@H]5CC[C@H]([C@H](C)CCCC(C)C)[C@@]5(C)CC[C@@H]4[C@]32C)cc1. The Morgan fingerprint density at radius 3 is 2.50 bits per heavy atom. The lowest BCUT2D eigenvalue weighted by Crippen LogP contribution is -2.56. The summed E-state index contributed by atoms with van der Waals surface area (Å²) in [5.74, 6) is 4.14. The smallest absolute Gasteiger partial charge is 0.338 e. The molecular formula is C35H52O3. The van der Waals surface area contributed by atoms with Gasteiger partial charge in [-0.3, -0.25) is 0 Å². The van der Waals surface area contributed by atoms with Gasteiger partial charge in [0.1, 0.15) is 6.10 Å². The van der Waals surface area contributed by atoms with E-state index in [1.165, 1.54) is 50.5 Å². The van der Waals surface area contributed by atoms with Gasteiger partial charge in [-0.25, -0.2) is 4.79 Å². The topological polar surface area (TPSA) is 46.5 Å². The second-order valence-corrected chi connectivity index (χ2v) is 14.5. The summed E-state index contributed by atoms with van der Waals surface area (Å²) in [6, 6.07) is 7.68. The number of benzene rings is 1. The minimum atomic E-state index is -0.432. The summed E-state index contributed by atoms with van der Waals surface area (Å²) in [5, 5.41) is 10.8. The van der Waals surface area contributed by atoms with E-state index in [1.807, 2.05) is 31.2 Å². The summed E-state index contributed by atoms with van der Waals surface area (Å²) in [6.45, 7) is 14.3. The van der Waals surface area contributed by atoms with Crippen LogP contribution in [0.3, 0.4) is 0 Å². The van der Waals surface area contributed by atoms with Crippen LogP contribution in [0.15, 0.2) is 35.9 Å². The third-order valence-corrected chi connectivity index (χ3v) is 11.9. The van der Waals surface area contributed by atoms with Crippen LogP contribution in [0.1, 0.15) is 115 Å². The molecule has 3 heteroatoms. The molecule has 1 N–H and O–H groups in total. The van der Waals surface area contributed by atoms with E-state index in [1.54, 1.807) is 0 Å². The highest BCUT2D eigenvalue weighted by Gasteiger charge is 2.61. The van der Waals surface area contributed by atoms with Crippen LogP contribution in [-0.2, 0) is 4.74 Å². The van der Waals surface area contributed by atoms with E-state index in [2.05, 4.69) is 40.7 Å². The molecular weight excluding hydrogens is 468 g/mol. The quantitative estimate of drug-likeness (QED) is 0.289. The zero-order chi connectivity index (χ0) is 27.2. The van der Waals surface area contributed by atoms with E-state index in [9.17, 15) is 9.90 Å². The van der Waals surface area contributed by atoms with E-state index in [0.29, 0.717) is 29.2 Å². The molecule has 0 saturated heterocycles. The van der Waals surface area contributed by atoms with Crippen molar-refractivity contribution in [3.05, 3.63) is 47.0 Å². The maximum absolute atomic E-state index is 13.3. The molecule has 0 heterocycles. The van der Waals surface area contributed by atoms with Crippen molar-refractivity contribution in [1.82, 2.24) is 0 Å². The molecule has 1 aromatic carbocycles. The van der Waals surface area contributed by atoms with Gasteiger partial charge in [-0.1, -0.05) is 83.2 Å². The van der Waals surface area contributed by atoms with Crippen LogP contribution in [0, 0.1) is 53.3 Å². The standard InChI is InChI=1S/C35H52O3/c1-22(2)8-7-9-24(4)29-16-17-30-28-15-14-26-20-27(36)21-32(35(26,6)31(28)18-19-34(29,30)5)38-33(37)25-12-10-23(3)11-13-25/h10-14,22,24,27-32,36H,7-9,15-21H2,1-6H3/t24-,27-,28+,29-,30+,31+,32?,34-,35+/m1/s1. The van der Waals surface area contributed by atoms with Crippen LogP contribution < -0.4 is 0 Å². The van der Waals surface area contributed by atoms with Crippen molar-refractivity contribution in [3.63, 3.8) is 0 Å². The van der Waals surface area contributed by atoms with Gasteiger partial charge in [0.05, 0.1) is 11.7 Å². The molecule has 3 saturated carbocycles. The lowest BCUT2D eigenvalue weighted by Gasteiger charge is -2.60. The number of hydrogen-bond acceptors (Lipinski definition) is 3. The average molecular weight is 521 g/mol. The van der Waals surface area contributed by atoms with E-state index in [0.717, 1.165) is 42.1 Å². The molecule has 0 bridgehead atoms. The van der Waals surface area contributed by atoms with Crippen LogP contribution in [0.25, 0.3) is 0 Å². The van der Waals surface area contributed by atoms with E-state index in [-0.39, 0.29) is 17.5 Å². The summed E-state index contributed by atoms with van der Waals surface area (Å²) in [6.07, 6.45) is 13.5. The fraction of sp³-hybridized carbons (Fsp3) is 0.743. The highest BCUT2D eigenvalue weighted by Crippen LogP contribution is 2.67. The van der Waals surface area contributed by atoms with Gasteiger partial charge >= 0.3 is 5.97 Å². The Hall–Kier alpha value is -1.61. The molecule has 3 fully saturated rings.